The minimum Gasteiger partial charge on any atom is -0.446 e. The van der Waals surface area contributed by atoms with Crippen LogP contribution in [0.5, 0.6) is 0 Å². The molecule has 0 aromatic carbocycles. The van der Waals surface area contributed by atoms with Gasteiger partial charge in [-0.25, -0.2) is 4.79 Å². The summed E-state index contributed by atoms with van der Waals surface area (Å²) in [6.07, 6.45) is 1.48. The first-order valence-corrected chi connectivity index (χ1v) is 6.50. The first kappa shape index (κ1) is 14.3. The molecular weight excluding hydrogens is 220 g/mol. The van der Waals surface area contributed by atoms with Gasteiger partial charge < -0.3 is 14.8 Å². The monoisotopic (exact) mass is 244 g/mol. The number of carbonyl (C=O) groups is 1. The van der Waals surface area contributed by atoms with Crippen LogP contribution in [0, 0.1) is 0 Å². The van der Waals surface area contributed by atoms with Crippen molar-refractivity contribution in [3.8, 4) is 0 Å². The van der Waals surface area contributed by atoms with Crippen molar-refractivity contribution in [2.75, 3.05) is 39.4 Å². The molecule has 1 amide bonds. The minimum atomic E-state index is -0.299. The predicted octanol–water partition coefficient (Wildman–Crippen LogP) is 1.23. The van der Waals surface area contributed by atoms with Gasteiger partial charge in [-0.3, -0.25) is 4.90 Å². The van der Waals surface area contributed by atoms with E-state index in [-0.39, 0.29) is 12.2 Å². The standard InChI is InChI=1S/C12H24N2O3/c1-3-11(4-2)17-12(15)13-5-6-14-7-9-16-10-8-14/h11H,3-10H2,1-2H3,(H,13,15). The van der Waals surface area contributed by atoms with Crippen molar-refractivity contribution < 1.29 is 14.3 Å². The number of hydrogen-bond donors (Lipinski definition) is 1. The Morgan fingerprint density at radius 1 is 1.35 bits per heavy atom. The number of rotatable bonds is 6. The van der Waals surface area contributed by atoms with Gasteiger partial charge in [0.05, 0.1) is 13.2 Å². The highest BCUT2D eigenvalue weighted by atomic mass is 16.6. The van der Waals surface area contributed by atoms with Crippen molar-refractivity contribution >= 4 is 6.09 Å². The molecule has 5 heteroatoms. The fourth-order valence-corrected chi connectivity index (χ4v) is 1.79. The lowest BCUT2D eigenvalue weighted by Crippen LogP contribution is -2.41. The molecule has 1 heterocycles. The molecule has 1 N–H and O–H groups in total. The number of nitrogens with zero attached hydrogens (tertiary/aromatic N) is 1. The maximum absolute atomic E-state index is 11.4. The molecular formula is C12H24N2O3. The summed E-state index contributed by atoms with van der Waals surface area (Å²) in [6.45, 7) is 9.02. The number of ether oxygens (including phenoxy) is 2. The zero-order valence-corrected chi connectivity index (χ0v) is 10.9. The Morgan fingerprint density at radius 3 is 2.59 bits per heavy atom. The Hall–Kier alpha value is -0.810. The van der Waals surface area contributed by atoms with E-state index < -0.39 is 0 Å². The lowest BCUT2D eigenvalue weighted by atomic mass is 10.2. The lowest BCUT2D eigenvalue weighted by molar-refractivity contribution is 0.0377. The van der Waals surface area contributed by atoms with Gasteiger partial charge in [0.25, 0.3) is 0 Å². The van der Waals surface area contributed by atoms with Crippen LogP contribution in [0.15, 0.2) is 0 Å². The third-order valence-electron chi connectivity index (χ3n) is 2.99. The molecule has 1 rings (SSSR count). The Bertz CT molecular complexity index is 214. The Balaban J connectivity index is 2.06. The van der Waals surface area contributed by atoms with E-state index >= 15 is 0 Å². The summed E-state index contributed by atoms with van der Waals surface area (Å²) in [7, 11) is 0. The lowest BCUT2D eigenvalue weighted by Gasteiger charge is -2.26. The SMILES string of the molecule is CCC(CC)OC(=O)NCCN1CCOCC1. The summed E-state index contributed by atoms with van der Waals surface area (Å²) >= 11 is 0. The normalized spacial score (nSPS) is 17.1. The Morgan fingerprint density at radius 2 is 2.00 bits per heavy atom. The number of hydrogen-bond acceptors (Lipinski definition) is 4. The molecule has 0 atom stereocenters. The molecule has 5 nitrogen and oxygen atoms in total. The highest BCUT2D eigenvalue weighted by Crippen LogP contribution is 2.02. The van der Waals surface area contributed by atoms with Gasteiger partial charge in [0.15, 0.2) is 0 Å². The molecule has 1 fully saturated rings. The number of carbonyl (C=O) groups excluding carboxylic acids is 1. The average molecular weight is 244 g/mol. The van der Waals surface area contributed by atoms with Crippen molar-refractivity contribution in [2.45, 2.75) is 32.8 Å². The second-order valence-electron chi connectivity index (χ2n) is 4.22. The molecule has 0 radical (unpaired) electrons. The van der Waals surface area contributed by atoms with Crippen LogP contribution in [0.1, 0.15) is 26.7 Å². The molecule has 0 aliphatic carbocycles. The summed E-state index contributed by atoms with van der Waals surface area (Å²) in [4.78, 5) is 13.7. The summed E-state index contributed by atoms with van der Waals surface area (Å²) in [5.41, 5.74) is 0. The summed E-state index contributed by atoms with van der Waals surface area (Å²) < 4.78 is 10.5. The molecule has 0 bridgehead atoms. The van der Waals surface area contributed by atoms with Crippen molar-refractivity contribution in [1.82, 2.24) is 10.2 Å². The third-order valence-corrected chi connectivity index (χ3v) is 2.99. The molecule has 100 valence electrons. The molecule has 1 aliphatic heterocycles. The average Bonchev–Trinajstić information content (AvgIpc) is 2.37. The second kappa shape index (κ2) is 8.31. The summed E-state index contributed by atoms with van der Waals surface area (Å²) in [5.74, 6) is 0. The second-order valence-corrected chi connectivity index (χ2v) is 4.22. The summed E-state index contributed by atoms with van der Waals surface area (Å²) in [5, 5.41) is 2.79. The van der Waals surface area contributed by atoms with Crippen LogP contribution in [0.3, 0.4) is 0 Å². The van der Waals surface area contributed by atoms with Crippen LogP contribution in [-0.4, -0.2) is 56.5 Å². The van der Waals surface area contributed by atoms with Crippen LogP contribution in [0.4, 0.5) is 4.79 Å². The van der Waals surface area contributed by atoms with Gasteiger partial charge in [0.2, 0.25) is 0 Å². The van der Waals surface area contributed by atoms with Crippen LogP contribution in [0.25, 0.3) is 0 Å². The van der Waals surface area contributed by atoms with Gasteiger partial charge >= 0.3 is 6.09 Å². The van der Waals surface area contributed by atoms with E-state index in [1.54, 1.807) is 0 Å². The number of morpholine rings is 1. The molecule has 0 unspecified atom stereocenters. The molecule has 0 saturated carbocycles. The van der Waals surface area contributed by atoms with Gasteiger partial charge in [-0.15, -0.1) is 0 Å². The number of amides is 1. The van der Waals surface area contributed by atoms with E-state index in [2.05, 4.69) is 10.2 Å². The molecule has 1 saturated heterocycles. The summed E-state index contributed by atoms with van der Waals surface area (Å²) in [6, 6.07) is 0. The van der Waals surface area contributed by atoms with E-state index in [1.165, 1.54) is 0 Å². The van der Waals surface area contributed by atoms with Crippen LogP contribution < -0.4 is 5.32 Å². The Kier molecular flexibility index (Phi) is 6.96. The van der Waals surface area contributed by atoms with Gasteiger partial charge in [-0.2, -0.15) is 0 Å². The predicted molar refractivity (Wildman–Crippen MR) is 66.1 cm³/mol. The first-order chi connectivity index (χ1) is 8.26. The number of nitrogens with one attached hydrogen (secondary N) is 1. The maximum Gasteiger partial charge on any atom is 0.407 e. The quantitative estimate of drug-likeness (QED) is 0.763. The van der Waals surface area contributed by atoms with E-state index in [0.717, 1.165) is 45.7 Å². The van der Waals surface area contributed by atoms with Gasteiger partial charge in [-0.05, 0) is 12.8 Å². The van der Waals surface area contributed by atoms with E-state index in [9.17, 15) is 4.79 Å². The van der Waals surface area contributed by atoms with Crippen molar-refractivity contribution in [3.05, 3.63) is 0 Å². The topological polar surface area (TPSA) is 50.8 Å². The smallest absolute Gasteiger partial charge is 0.407 e. The minimum absolute atomic E-state index is 0.0402. The third kappa shape index (κ3) is 5.89. The molecule has 0 spiro atoms. The molecule has 1 aliphatic rings. The fraction of sp³-hybridized carbons (Fsp3) is 0.917. The van der Waals surface area contributed by atoms with Crippen LogP contribution in [0.2, 0.25) is 0 Å². The molecule has 0 aromatic heterocycles. The first-order valence-electron chi connectivity index (χ1n) is 6.50. The molecule has 17 heavy (non-hydrogen) atoms. The van der Waals surface area contributed by atoms with E-state index in [4.69, 9.17) is 9.47 Å². The van der Waals surface area contributed by atoms with Gasteiger partial charge in [0.1, 0.15) is 6.10 Å². The fourth-order valence-electron chi connectivity index (χ4n) is 1.79. The largest absolute Gasteiger partial charge is 0.446 e. The van der Waals surface area contributed by atoms with Crippen LogP contribution >= 0.6 is 0 Å². The maximum atomic E-state index is 11.4. The van der Waals surface area contributed by atoms with E-state index in [0.29, 0.717) is 6.54 Å². The highest BCUT2D eigenvalue weighted by molar-refractivity contribution is 5.67. The van der Waals surface area contributed by atoms with Gasteiger partial charge in [-0.1, -0.05) is 13.8 Å². The zero-order valence-electron chi connectivity index (χ0n) is 10.9. The zero-order chi connectivity index (χ0) is 12.5. The Labute approximate surface area is 103 Å². The van der Waals surface area contributed by atoms with E-state index in [1.807, 2.05) is 13.8 Å². The van der Waals surface area contributed by atoms with Gasteiger partial charge in [0, 0.05) is 26.2 Å². The number of alkyl carbamates (subject to hydrolysis) is 1. The van der Waals surface area contributed by atoms with Crippen molar-refractivity contribution in [1.29, 1.82) is 0 Å². The molecule has 0 aromatic rings. The highest BCUT2D eigenvalue weighted by Gasteiger charge is 2.12. The van der Waals surface area contributed by atoms with Crippen molar-refractivity contribution in [3.63, 3.8) is 0 Å². The van der Waals surface area contributed by atoms with Crippen LogP contribution in [-0.2, 0) is 9.47 Å². The van der Waals surface area contributed by atoms with Crippen molar-refractivity contribution in [2.24, 2.45) is 0 Å².